The van der Waals surface area contributed by atoms with Crippen LogP contribution in [0.15, 0.2) is 60.7 Å². The van der Waals surface area contributed by atoms with E-state index in [9.17, 15) is 45.4 Å². The zero-order valence-electron chi connectivity index (χ0n) is 19.2. The van der Waals surface area contributed by atoms with Gasteiger partial charge < -0.3 is 15.7 Å². The lowest BCUT2D eigenvalue weighted by Crippen LogP contribution is -2.54. The first-order valence-corrected chi connectivity index (χ1v) is 10.5. The van der Waals surface area contributed by atoms with Gasteiger partial charge in [-0.2, -0.15) is 26.3 Å². The second-order valence-electron chi connectivity index (χ2n) is 8.19. The first kappa shape index (κ1) is 27.7. The molecule has 0 spiro atoms. The molecule has 0 saturated heterocycles. The van der Waals surface area contributed by atoms with Crippen LogP contribution in [-0.2, 0) is 5.60 Å². The van der Waals surface area contributed by atoms with Crippen molar-refractivity contribution in [3.8, 4) is 0 Å². The zero-order valence-corrected chi connectivity index (χ0v) is 19.2. The van der Waals surface area contributed by atoms with E-state index in [2.05, 4.69) is 10.6 Å². The molecule has 0 radical (unpaired) electrons. The SMILES string of the molecule is Cc1cc(C(O)(C(F)(F)F)C(F)(F)F)cc(C)c1NC(=O)c1cccc(NC(=O)c2cccc(F)c2)c1. The minimum Gasteiger partial charge on any atom is -0.369 e. The zero-order chi connectivity index (χ0) is 27.8. The molecule has 2 amide bonds. The summed E-state index contributed by atoms with van der Waals surface area (Å²) in [6.07, 6.45) is -12.1. The lowest BCUT2D eigenvalue weighted by molar-refractivity contribution is -0.376. The summed E-state index contributed by atoms with van der Waals surface area (Å²) >= 11 is 0. The van der Waals surface area contributed by atoms with Crippen LogP contribution in [0.4, 0.5) is 42.1 Å². The summed E-state index contributed by atoms with van der Waals surface area (Å²) in [5.41, 5.74) is -6.73. The standard InChI is InChI=1S/C25H19F7N2O3/c1-13-9-17(23(37,24(27,28)29)25(30,31)32)10-14(2)20(13)34-22(36)16-6-4-8-19(12-16)33-21(35)15-5-3-7-18(26)11-15/h3-12,37H,1-2H3,(H,33,35)(H,34,36). The maximum Gasteiger partial charge on any atom is 0.430 e. The summed E-state index contributed by atoms with van der Waals surface area (Å²) in [5, 5.41) is 14.6. The molecule has 0 aliphatic heterocycles. The molecule has 0 unspecified atom stereocenters. The Bertz CT molecular complexity index is 1310. The number of aliphatic hydroxyl groups is 1. The van der Waals surface area contributed by atoms with E-state index in [0.717, 1.165) is 12.1 Å². The van der Waals surface area contributed by atoms with Crippen molar-refractivity contribution in [2.75, 3.05) is 10.6 Å². The van der Waals surface area contributed by atoms with Crippen molar-refractivity contribution in [1.29, 1.82) is 0 Å². The fourth-order valence-electron chi connectivity index (χ4n) is 3.61. The van der Waals surface area contributed by atoms with Gasteiger partial charge in [0.25, 0.3) is 17.4 Å². The Hall–Kier alpha value is -3.93. The topological polar surface area (TPSA) is 78.4 Å². The molecule has 0 bridgehead atoms. The Morgan fingerprint density at radius 1 is 0.730 bits per heavy atom. The summed E-state index contributed by atoms with van der Waals surface area (Å²) in [4.78, 5) is 25.1. The van der Waals surface area contributed by atoms with E-state index >= 15 is 0 Å². The molecule has 0 aliphatic rings. The van der Waals surface area contributed by atoms with Crippen LogP contribution in [0.5, 0.6) is 0 Å². The molecule has 3 rings (SSSR count). The molecular formula is C25H19F7N2O3. The van der Waals surface area contributed by atoms with E-state index in [1.165, 1.54) is 50.2 Å². The lowest BCUT2D eigenvalue weighted by atomic mass is 9.89. The van der Waals surface area contributed by atoms with Crippen LogP contribution in [0, 0.1) is 19.7 Å². The highest BCUT2D eigenvalue weighted by molar-refractivity contribution is 6.07. The minimum atomic E-state index is -6.05. The molecule has 5 nitrogen and oxygen atoms in total. The van der Waals surface area contributed by atoms with Gasteiger partial charge in [-0.25, -0.2) is 4.39 Å². The Morgan fingerprint density at radius 3 is 1.73 bits per heavy atom. The Kier molecular flexibility index (Phi) is 7.36. The van der Waals surface area contributed by atoms with Crippen LogP contribution in [0.25, 0.3) is 0 Å². The summed E-state index contributed by atoms with van der Waals surface area (Å²) in [7, 11) is 0. The van der Waals surface area contributed by atoms with Crippen molar-refractivity contribution in [1.82, 2.24) is 0 Å². The predicted octanol–water partition coefficient (Wildman–Crippen LogP) is 6.26. The summed E-state index contributed by atoms with van der Waals surface area (Å²) in [5.74, 6) is -2.05. The quantitative estimate of drug-likeness (QED) is 0.342. The Morgan fingerprint density at radius 2 is 1.22 bits per heavy atom. The van der Waals surface area contributed by atoms with Crippen molar-refractivity contribution >= 4 is 23.2 Å². The predicted molar refractivity (Wildman–Crippen MR) is 121 cm³/mol. The number of amides is 2. The summed E-state index contributed by atoms with van der Waals surface area (Å²) in [6.45, 7) is 2.35. The summed E-state index contributed by atoms with van der Waals surface area (Å²) < 4.78 is 92.9. The molecule has 3 aromatic carbocycles. The van der Waals surface area contributed by atoms with Crippen molar-refractivity contribution < 1.29 is 45.4 Å². The van der Waals surface area contributed by atoms with E-state index in [1.807, 2.05) is 0 Å². The van der Waals surface area contributed by atoms with Gasteiger partial charge in [0.15, 0.2) is 0 Å². The molecule has 3 N–H and O–H groups in total. The number of carbonyl (C=O) groups excluding carboxylic acids is 2. The number of aryl methyl sites for hydroxylation is 2. The average molecular weight is 528 g/mol. The monoisotopic (exact) mass is 528 g/mol. The number of nitrogens with one attached hydrogen (secondary N) is 2. The normalized spacial score (nSPS) is 12.3. The Balaban J connectivity index is 1.86. The number of anilines is 2. The van der Waals surface area contributed by atoms with Gasteiger partial charge in [-0.05, 0) is 61.4 Å². The summed E-state index contributed by atoms with van der Waals surface area (Å²) in [6, 6.07) is 11.4. The van der Waals surface area contributed by atoms with Crippen molar-refractivity contribution in [3.63, 3.8) is 0 Å². The smallest absolute Gasteiger partial charge is 0.369 e. The molecular weight excluding hydrogens is 509 g/mol. The first-order valence-electron chi connectivity index (χ1n) is 10.5. The first-order chi connectivity index (χ1) is 17.0. The third-order valence-corrected chi connectivity index (χ3v) is 5.48. The molecule has 0 aromatic heterocycles. The van der Waals surface area contributed by atoms with Crippen LogP contribution in [0.3, 0.4) is 0 Å². The van der Waals surface area contributed by atoms with E-state index in [-0.39, 0.29) is 33.6 Å². The molecule has 0 atom stereocenters. The number of hydrogen-bond donors (Lipinski definition) is 3. The van der Waals surface area contributed by atoms with Gasteiger partial charge >= 0.3 is 12.4 Å². The second kappa shape index (κ2) is 9.85. The van der Waals surface area contributed by atoms with Gasteiger partial charge in [0.2, 0.25) is 0 Å². The lowest BCUT2D eigenvalue weighted by Gasteiger charge is -2.33. The maximum atomic E-state index is 13.4. The largest absolute Gasteiger partial charge is 0.430 e. The molecule has 3 aromatic rings. The number of carbonyl (C=O) groups is 2. The molecule has 37 heavy (non-hydrogen) atoms. The van der Waals surface area contributed by atoms with Gasteiger partial charge in [-0.15, -0.1) is 0 Å². The number of rotatable bonds is 5. The third kappa shape index (κ3) is 5.58. The van der Waals surface area contributed by atoms with Gasteiger partial charge in [0.1, 0.15) is 5.82 Å². The van der Waals surface area contributed by atoms with Crippen LogP contribution in [0.2, 0.25) is 0 Å². The van der Waals surface area contributed by atoms with Gasteiger partial charge in [-0.3, -0.25) is 9.59 Å². The molecule has 0 aliphatic carbocycles. The highest BCUT2D eigenvalue weighted by Gasteiger charge is 2.71. The van der Waals surface area contributed by atoms with Crippen LogP contribution < -0.4 is 10.6 Å². The molecule has 12 heteroatoms. The number of alkyl halides is 6. The van der Waals surface area contributed by atoms with E-state index in [1.54, 1.807) is 0 Å². The van der Waals surface area contributed by atoms with Gasteiger partial charge in [0, 0.05) is 28.1 Å². The second-order valence-corrected chi connectivity index (χ2v) is 8.19. The van der Waals surface area contributed by atoms with Crippen molar-refractivity contribution in [2.45, 2.75) is 31.8 Å². The minimum absolute atomic E-state index is 0.00186. The Labute approximate surface area is 205 Å². The molecule has 196 valence electrons. The van der Waals surface area contributed by atoms with Crippen LogP contribution in [-0.4, -0.2) is 29.3 Å². The molecule has 0 heterocycles. The third-order valence-electron chi connectivity index (χ3n) is 5.48. The number of hydrogen-bond acceptors (Lipinski definition) is 3. The van der Waals surface area contributed by atoms with Crippen molar-refractivity contribution in [2.24, 2.45) is 0 Å². The van der Waals surface area contributed by atoms with E-state index in [0.29, 0.717) is 12.1 Å². The van der Waals surface area contributed by atoms with Gasteiger partial charge in [-0.1, -0.05) is 24.3 Å². The fourth-order valence-corrected chi connectivity index (χ4v) is 3.61. The van der Waals surface area contributed by atoms with E-state index < -0.39 is 41.1 Å². The van der Waals surface area contributed by atoms with Crippen molar-refractivity contribution in [3.05, 3.63) is 94.3 Å². The maximum absolute atomic E-state index is 13.4. The number of benzene rings is 3. The highest BCUT2D eigenvalue weighted by atomic mass is 19.4. The van der Waals surface area contributed by atoms with E-state index in [4.69, 9.17) is 0 Å². The fraction of sp³-hybridized carbons (Fsp3) is 0.200. The molecule has 0 fully saturated rings. The molecule has 0 saturated carbocycles. The van der Waals surface area contributed by atoms with Crippen LogP contribution in [0.1, 0.15) is 37.4 Å². The highest BCUT2D eigenvalue weighted by Crippen LogP contribution is 2.50. The average Bonchev–Trinajstić information content (AvgIpc) is 2.79. The van der Waals surface area contributed by atoms with Gasteiger partial charge in [0.05, 0.1) is 0 Å². The van der Waals surface area contributed by atoms with Crippen LogP contribution >= 0.6 is 0 Å². The number of halogens is 7.